The molecule has 0 aliphatic carbocycles. The summed E-state index contributed by atoms with van der Waals surface area (Å²) < 4.78 is 45.4. The lowest BCUT2D eigenvalue weighted by atomic mass is 10.0. The monoisotopic (exact) mass is 613 g/mol. The Morgan fingerprint density at radius 1 is 0.933 bits per heavy atom. The summed E-state index contributed by atoms with van der Waals surface area (Å²) >= 11 is 0. The fourth-order valence-electron chi connectivity index (χ4n) is 5.35. The third-order valence-electron chi connectivity index (χ3n) is 7.41. The maximum atomic E-state index is 16.9. The molecule has 0 amide bonds. The molecule has 0 fully saturated rings. The first-order valence-electron chi connectivity index (χ1n) is 15.0. The number of carbonyl (C=O) groups is 1. The van der Waals surface area contributed by atoms with Crippen LogP contribution in [0.25, 0.3) is 16.8 Å². The standard InChI is InChI=1S/C36H37F2N3O4/c1-5-44-36(43)29-21-40(20-27-13-9-10-14-30(27)37)34-33(38)32(26-15-17-28(18-16-26)45-23-24(2)3)31(41(34)35(29)42)22-39(4)19-25-11-7-6-8-12-25/h6-18,21,24H,5,19-20,22-23H2,1-4H3. The Bertz CT molecular complexity index is 1850. The zero-order valence-electron chi connectivity index (χ0n) is 25.9. The Hall–Kier alpha value is -4.76. The van der Waals surface area contributed by atoms with E-state index in [4.69, 9.17) is 9.47 Å². The number of ether oxygens (including phenoxy) is 2. The normalized spacial score (nSPS) is 11.5. The molecule has 0 bridgehead atoms. The van der Waals surface area contributed by atoms with E-state index < -0.39 is 23.2 Å². The van der Waals surface area contributed by atoms with Crippen molar-refractivity contribution < 1.29 is 23.0 Å². The van der Waals surface area contributed by atoms with E-state index in [1.807, 2.05) is 42.3 Å². The van der Waals surface area contributed by atoms with Crippen LogP contribution >= 0.6 is 0 Å². The van der Waals surface area contributed by atoms with Crippen LogP contribution in [-0.4, -0.2) is 40.1 Å². The maximum absolute atomic E-state index is 16.9. The molecule has 0 atom stereocenters. The third kappa shape index (κ3) is 6.99. The van der Waals surface area contributed by atoms with Crippen molar-refractivity contribution in [2.24, 2.45) is 5.92 Å². The van der Waals surface area contributed by atoms with E-state index >= 15 is 4.39 Å². The van der Waals surface area contributed by atoms with Crippen molar-refractivity contribution >= 4 is 11.6 Å². The second kappa shape index (κ2) is 13.9. The van der Waals surface area contributed by atoms with Gasteiger partial charge in [0.2, 0.25) is 0 Å². The van der Waals surface area contributed by atoms with E-state index in [1.165, 1.54) is 21.2 Å². The van der Waals surface area contributed by atoms with Crippen LogP contribution in [0, 0.1) is 17.6 Å². The Balaban J connectivity index is 1.73. The van der Waals surface area contributed by atoms with Crippen LogP contribution < -0.4 is 10.3 Å². The van der Waals surface area contributed by atoms with Crippen LogP contribution in [0.2, 0.25) is 0 Å². The van der Waals surface area contributed by atoms with Crippen LogP contribution in [0.15, 0.2) is 89.9 Å². The van der Waals surface area contributed by atoms with Crippen LogP contribution in [0.5, 0.6) is 5.75 Å². The van der Waals surface area contributed by atoms with Gasteiger partial charge >= 0.3 is 5.97 Å². The predicted molar refractivity (Wildman–Crippen MR) is 170 cm³/mol. The highest BCUT2D eigenvalue weighted by Gasteiger charge is 2.28. The summed E-state index contributed by atoms with van der Waals surface area (Å²) in [5.74, 6) is -1.00. The van der Waals surface area contributed by atoms with Gasteiger partial charge < -0.3 is 14.0 Å². The van der Waals surface area contributed by atoms with Gasteiger partial charge in [0.05, 0.1) is 25.5 Å². The lowest BCUT2D eigenvalue weighted by molar-refractivity contribution is 0.0523. The number of halogens is 2. The molecule has 45 heavy (non-hydrogen) atoms. The van der Waals surface area contributed by atoms with E-state index in [-0.39, 0.29) is 42.0 Å². The molecule has 9 heteroatoms. The molecule has 0 aliphatic heterocycles. The highest BCUT2D eigenvalue weighted by Crippen LogP contribution is 2.34. The van der Waals surface area contributed by atoms with E-state index in [9.17, 15) is 14.0 Å². The SMILES string of the molecule is CCOC(=O)c1cn(Cc2ccccc2F)c2c(F)c(-c3ccc(OCC(C)C)cc3)c(CN(C)Cc3ccccc3)n2c1=O. The molecular weight excluding hydrogens is 576 g/mol. The fraction of sp³-hybridized carbons (Fsp3) is 0.278. The molecular formula is C36H37F2N3O4. The molecule has 7 nitrogen and oxygen atoms in total. The topological polar surface area (TPSA) is 65.2 Å². The van der Waals surface area contributed by atoms with E-state index in [1.54, 1.807) is 49.4 Å². The van der Waals surface area contributed by atoms with Crippen LogP contribution in [-0.2, 0) is 24.4 Å². The highest BCUT2D eigenvalue weighted by atomic mass is 19.1. The second-order valence-electron chi connectivity index (χ2n) is 11.5. The van der Waals surface area contributed by atoms with Crippen molar-refractivity contribution in [2.45, 2.75) is 40.4 Å². The summed E-state index contributed by atoms with van der Waals surface area (Å²) in [5, 5.41) is 0. The van der Waals surface area contributed by atoms with Gasteiger partial charge in [-0.2, -0.15) is 0 Å². The van der Waals surface area contributed by atoms with Gasteiger partial charge in [0.15, 0.2) is 11.5 Å². The predicted octanol–water partition coefficient (Wildman–Crippen LogP) is 6.94. The van der Waals surface area contributed by atoms with Crippen molar-refractivity contribution in [1.82, 2.24) is 13.9 Å². The fourth-order valence-corrected chi connectivity index (χ4v) is 5.35. The van der Waals surface area contributed by atoms with Crippen LogP contribution in [0.1, 0.15) is 48.0 Å². The van der Waals surface area contributed by atoms with Gasteiger partial charge in [-0.15, -0.1) is 0 Å². The van der Waals surface area contributed by atoms with Crippen molar-refractivity contribution in [3.05, 3.63) is 129 Å². The molecule has 5 rings (SSSR count). The molecule has 0 radical (unpaired) electrons. The number of benzene rings is 3. The third-order valence-corrected chi connectivity index (χ3v) is 7.41. The molecule has 0 saturated carbocycles. The van der Waals surface area contributed by atoms with E-state index in [0.717, 1.165) is 5.56 Å². The quantitative estimate of drug-likeness (QED) is 0.143. The van der Waals surface area contributed by atoms with Gasteiger partial charge in [0, 0.05) is 30.4 Å². The first kappa shape index (κ1) is 31.7. The molecule has 0 unspecified atom stereocenters. The van der Waals surface area contributed by atoms with Crippen molar-refractivity contribution in [1.29, 1.82) is 0 Å². The summed E-state index contributed by atoms with van der Waals surface area (Å²) in [7, 11) is 1.88. The molecule has 234 valence electrons. The summed E-state index contributed by atoms with van der Waals surface area (Å²) in [5.41, 5.74) is 1.36. The molecule has 0 spiro atoms. The first-order valence-corrected chi connectivity index (χ1v) is 15.0. The van der Waals surface area contributed by atoms with Crippen molar-refractivity contribution in [3.63, 3.8) is 0 Å². The first-order chi connectivity index (χ1) is 21.7. The Labute approximate surface area is 261 Å². The number of hydrogen-bond donors (Lipinski definition) is 0. The van der Waals surface area contributed by atoms with Gasteiger partial charge in [-0.1, -0.05) is 74.5 Å². The number of esters is 1. The maximum Gasteiger partial charge on any atom is 0.345 e. The van der Waals surface area contributed by atoms with Crippen molar-refractivity contribution in [2.75, 3.05) is 20.3 Å². The number of aromatic nitrogens is 2. The number of carbonyl (C=O) groups excluding carboxylic acids is 1. The molecule has 0 saturated heterocycles. The molecule has 5 aromatic rings. The summed E-state index contributed by atoms with van der Waals surface area (Å²) in [4.78, 5) is 29.0. The number of hydrogen-bond acceptors (Lipinski definition) is 5. The molecule has 0 N–H and O–H groups in total. The number of fused-ring (bicyclic) bond motifs is 1. The van der Waals surface area contributed by atoms with Crippen LogP contribution in [0.3, 0.4) is 0 Å². The van der Waals surface area contributed by atoms with Crippen LogP contribution in [0.4, 0.5) is 8.78 Å². The van der Waals surface area contributed by atoms with Gasteiger partial charge in [-0.05, 0) is 49.2 Å². The Morgan fingerprint density at radius 3 is 2.29 bits per heavy atom. The number of rotatable bonds is 12. The Morgan fingerprint density at radius 2 is 1.62 bits per heavy atom. The zero-order chi connectivity index (χ0) is 32.1. The summed E-state index contributed by atoms with van der Waals surface area (Å²) in [6, 6.07) is 23.0. The molecule has 2 aromatic heterocycles. The summed E-state index contributed by atoms with van der Waals surface area (Å²) in [6.07, 6.45) is 1.26. The highest BCUT2D eigenvalue weighted by molar-refractivity contribution is 5.89. The van der Waals surface area contributed by atoms with Gasteiger partial charge in [0.1, 0.15) is 17.1 Å². The lowest BCUT2D eigenvalue weighted by Gasteiger charge is -2.19. The van der Waals surface area contributed by atoms with E-state index in [2.05, 4.69) is 13.8 Å². The Kier molecular flexibility index (Phi) is 9.78. The molecule has 2 heterocycles. The molecule has 0 aliphatic rings. The smallest absolute Gasteiger partial charge is 0.345 e. The average Bonchev–Trinajstić information content (AvgIpc) is 3.31. The average molecular weight is 614 g/mol. The largest absolute Gasteiger partial charge is 0.493 e. The van der Waals surface area contributed by atoms with Crippen molar-refractivity contribution in [3.8, 4) is 16.9 Å². The lowest BCUT2D eigenvalue weighted by Crippen LogP contribution is -2.29. The van der Waals surface area contributed by atoms with Gasteiger partial charge in [-0.3, -0.25) is 14.1 Å². The minimum atomic E-state index is -0.836. The van der Waals surface area contributed by atoms with E-state index in [0.29, 0.717) is 36.1 Å². The zero-order valence-corrected chi connectivity index (χ0v) is 25.9. The van der Waals surface area contributed by atoms with Gasteiger partial charge in [0.25, 0.3) is 5.56 Å². The molecule has 3 aromatic carbocycles. The number of nitrogens with zero attached hydrogens (tertiary/aromatic N) is 3. The minimum Gasteiger partial charge on any atom is -0.493 e. The second-order valence-corrected chi connectivity index (χ2v) is 11.5. The van der Waals surface area contributed by atoms with Gasteiger partial charge in [-0.25, -0.2) is 13.6 Å². The minimum absolute atomic E-state index is 0.0484. The summed E-state index contributed by atoms with van der Waals surface area (Å²) in [6.45, 7) is 6.90.